The van der Waals surface area contributed by atoms with E-state index in [2.05, 4.69) is 16.9 Å². The highest BCUT2D eigenvalue weighted by Crippen LogP contribution is 2.31. The van der Waals surface area contributed by atoms with Crippen molar-refractivity contribution >= 4 is 38.9 Å². The van der Waals surface area contributed by atoms with Gasteiger partial charge in [0, 0.05) is 24.3 Å². The summed E-state index contributed by atoms with van der Waals surface area (Å²) in [4.78, 5) is 21.1. The minimum absolute atomic E-state index is 0.00308. The zero-order chi connectivity index (χ0) is 27.7. The van der Waals surface area contributed by atoms with Crippen molar-refractivity contribution < 1.29 is 19.4 Å². The van der Waals surface area contributed by atoms with Gasteiger partial charge in [0.15, 0.2) is 0 Å². The number of rotatable bonds is 19. The summed E-state index contributed by atoms with van der Waals surface area (Å²) in [5.41, 5.74) is 1.37. The molecule has 1 aromatic heterocycles. The molecule has 0 bridgehead atoms. The molecule has 212 valence electrons. The number of methoxy groups -OCH3 is 1. The van der Waals surface area contributed by atoms with Gasteiger partial charge in [0.25, 0.3) is 0 Å². The highest BCUT2D eigenvalue weighted by Gasteiger charge is 2.09. The first-order chi connectivity index (χ1) is 19.1. The van der Waals surface area contributed by atoms with Crippen LogP contribution < -0.4 is 9.47 Å². The predicted octanol–water partition coefficient (Wildman–Crippen LogP) is 9.54. The van der Waals surface area contributed by atoms with E-state index in [4.69, 9.17) is 9.47 Å². The summed E-state index contributed by atoms with van der Waals surface area (Å²) in [7, 11) is 1.63. The molecule has 0 fully saturated rings. The van der Waals surface area contributed by atoms with Gasteiger partial charge < -0.3 is 14.6 Å². The number of aromatic nitrogens is 1. The normalized spacial score (nSPS) is 11.4. The minimum Gasteiger partial charge on any atom is -0.507 e. The van der Waals surface area contributed by atoms with Gasteiger partial charge in [-0.1, -0.05) is 102 Å². The van der Waals surface area contributed by atoms with Gasteiger partial charge in [-0.3, -0.25) is 4.79 Å². The summed E-state index contributed by atoms with van der Waals surface area (Å²) < 4.78 is 11.7. The Morgan fingerprint density at radius 3 is 2.10 bits per heavy atom. The van der Waals surface area contributed by atoms with E-state index in [-0.39, 0.29) is 11.7 Å². The van der Waals surface area contributed by atoms with E-state index in [0.717, 1.165) is 28.8 Å². The molecule has 3 aromatic rings. The van der Waals surface area contributed by atoms with Gasteiger partial charge in [0.1, 0.15) is 17.2 Å². The Kier molecular flexibility index (Phi) is 13.8. The Morgan fingerprint density at radius 2 is 1.49 bits per heavy atom. The molecular formula is C32H44N2O4S. The van der Waals surface area contributed by atoms with Gasteiger partial charge in [-0.05, 0) is 36.8 Å². The second kappa shape index (κ2) is 17.6. The number of thiazole rings is 1. The molecule has 2 aromatic carbocycles. The van der Waals surface area contributed by atoms with E-state index in [1.165, 1.54) is 94.5 Å². The van der Waals surface area contributed by atoms with Crippen molar-refractivity contribution in [2.45, 2.75) is 103 Å². The van der Waals surface area contributed by atoms with Crippen LogP contribution in [0.1, 0.15) is 109 Å². The van der Waals surface area contributed by atoms with Crippen LogP contribution in [0.15, 0.2) is 41.4 Å². The smallest absolute Gasteiger partial charge is 0.311 e. The monoisotopic (exact) mass is 552 g/mol. The Morgan fingerprint density at radius 1 is 0.872 bits per heavy atom. The number of esters is 1. The fourth-order valence-corrected chi connectivity index (χ4v) is 5.38. The van der Waals surface area contributed by atoms with Crippen LogP contribution >= 0.6 is 11.3 Å². The second-order valence-electron chi connectivity index (χ2n) is 10.1. The third-order valence-corrected chi connectivity index (χ3v) is 7.79. The molecular weight excluding hydrogens is 508 g/mol. The fraction of sp³-hybridized carbons (Fsp3) is 0.531. The average Bonchev–Trinajstić information content (AvgIpc) is 3.35. The minimum atomic E-state index is -0.264. The second-order valence-corrected chi connectivity index (χ2v) is 11.1. The predicted molar refractivity (Wildman–Crippen MR) is 162 cm³/mol. The first-order valence-corrected chi connectivity index (χ1v) is 15.4. The van der Waals surface area contributed by atoms with Gasteiger partial charge in [0.05, 0.1) is 17.3 Å². The zero-order valence-corrected chi connectivity index (χ0v) is 24.4. The number of carbonyl (C=O) groups is 1. The highest BCUT2D eigenvalue weighted by atomic mass is 32.1. The Bertz CT molecular complexity index is 1170. The molecule has 0 amide bonds. The number of unbranched alkanes of at least 4 members (excludes halogenated alkanes) is 13. The maximum atomic E-state index is 12.2. The van der Waals surface area contributed by atoms with Gasteiger partial charge in [-0.25, -0.2) is 9.98 Å². The van der Waals surface area contributed by atoms with Crippen molar-refractivity contribution in [3.8, 4) is 17.2 Å². The van der Waals surface area contributed by atoms with Crippen molar-refractivity contribution in [2.24, 2.45) is 4.99 Å². The van der Waals surface area contributed by atoms with Crippen LogP contribution in [0.25, 0.3) is 10.2 Å². The Balaban J connectivity index is 1.28. The van der Waals surface area contributed by atoms with Crippen LogP contribution in [-0.4, -0.2) is 29.4 Å². The van der Waals surface area contributed by atoms with E-state index in [0.29, 0.717) is 22.9 Å². The van der Waals surface area contributed by atoms with Crippen LogP contribution in [0.5, 0.6) is 17.2 Å². The molecule has 1 heterocycles. The number of aromatic hydroxyl groups is 1. The highest BCUT2D eigenvalue weighted by molar-refractivity contribution is 7.22. The topological polar surface area (TPSA) is 81.0 Å². The molecule has 0 atom stereocenters. The van der Waals surface area contributed by atoms with Crippen molar-refractivity contribution in [1.29, 1.82) is 0 Å². The molecule has 6 nitrogen and oxygen atoms in total. The molecule has 0 aliphatic carbocycles. The third kappa shape index (κ3) is 11.4. The number of fused-ring (bicyclic) bond motifs is 1. The lowest BCUT2D eigenvalue weighted by Gasteiger charge is -2.06. The molecule has 0 saturated heterocycles. The number of phenolic OH excluding ortho intramolecular Hbond substituents is 1. The quantitative estimate of drug-likeness (QED) is 0.0693. The number of carbonyl (C=O) groups excluding carboxylic acids is 1. The number of aliphatic imine (C=N–C) groups is 1. The van der Waals surface area contributed by atoms with Crippen LogP contribution in [-0.2, 0) is 4.79 Å². The molecule has 0 saturated carbocycles. The van der Waals surface area contributed by atoms with Gasteiger partial charge in [0.2, 0.25) is 5.13 Å². The van der Waals surface area contributed by atoms with Gasteiger partial charge >= 0.3 is 5.97 Å². The van der Waals surface area contributed by atoms with Crippen LogP contribution in [0.3, 0.4) is 0 Å². The molecule has 3 rings (SSSR count). The number of benzene rings is 2. The van der Waals surface area contributed by atoms with Crippen LogP contribution in [0.2, 0.25) is 0 Å². The standard InChI is InChI=1S/C32H44N2O4S/c1-3-4-5-6-7-8-9-10-11-12-13-14-15-16-17-31(36)38-27-19-18-25(29(35)22-27)24-33-32-34-28-21-20-26(37-2)23-30(28)39-32/h18-24,35H,3-17H2,1-2H3/b33-24+. The van der Waals surface area contributed by atoms with E-state index >= 15 is 0 Å². The Hall–Kier alpha value is -2.93. The molecule has 0 radical (unpaired) electrons. The molecule has 7 heteroatoms. The largest absolute Gasteiger partial charge is 0.507 e. The fourth-order valence-electron chi connectivity index (χ4n) is 4.54. The summed E-state index contributed by atoms with van der Waals surface area (Å²) >= 11 is 1.44. The van der Waals surface area contributed by atoms with E-state index in [1.54, 1.807) is 25.5 Å². The summed E-state index contributed by atoms with van der Waals surface area (Å²) in [6.45, 7) is 2.26. The van der Waals surface area contributed by atoms with Gasteiger partial charge in [-0.15, -0.1) is 0 Å². The van der Waals surface area contributed by atoms with E-state index < -0.39 is 0 Å². The lowest BCUT2D eigenvalue weighted by atomic mass is 10.0. The van der Waals surface area contributed by atoms with Crippen molar-refractivity contribution in [2.75, 3.05) is 7.11 Å². The molecule has 0 aliphatic rings. The summed E-state index contributed by atoms with van der Waals surface area (Å²) in [5, 5.41) is 11.0. The van der Waals surface area contributed by atoms with E-state index in [1.807, 2.05) is 18.2 Å². The summed E-state index contributed by atoms with van der Waals surface area (Å²) in [6.07, 6.45) is 19.9. The third-order valence-electron chi connectivity index (χ3n) is 6.87. The van der Waals surface area contributed by atoms with Gasteiger partial charge in [-0.2, -0.15) is 0 Å². The van der Waals surface area contributed by atoms with Crippen LogP contribution in [0.4, 0.5) is 5.13 Å². The maximum Gasteiger partial charge on any atom is 0.311 e. The first kappa shape index (κ1) is 30.6. The van der Waals surface area contributed by atoms with Crippen molar-refractivity contribution in [3.63, 3.8) is 0 Å². The average molecular weight is 553 g/mol. The molecule has 0 spiro atoms. The number of nitrogens with zero attached hydrogens (tertiary/aromatic N) is 2. The molecule has 39 heavy (non-hydrogen) atoms. The van der Waals surface area contributed by atoms with Crippen molar-refractivity contribution in [3.05, 3.63) is 42.0 Å². The first-order valence-electron chi connectivity index (χ1n) is 14.6. The summed E-state index contributed by atoms with van der Waals surface area (Å²) in [5.74, 6) is 0.851. The summed E-state index contributed by atoms with van der Waals surface area (Å²) in [6, 6.07) is 10.5. The molecule has 0 aliphatic heterocycles. The maximum absolute atomic E-state index is 12.2. The number of hydrogen-bond acceptors (Lipinski definition) is 7. The lowest BCUT2D eigenvalue weighted by Crippen LogP contribution is -2.07. The molecule has 1 N–H and O–H groups in total. The van der Waals surface area contributed by atoms with Crippen molar-refractivity contribution in [1.82, 2.24) is 4.98 Å². The number of ether oxygens (including phenoxy) is 2. The van der Waals surface area contributed by atoms with E-state index in [9.17, 15) is 9.90 Å². The SMILES string of the molecule is CCCCCCCCCCCCCCCCC(=O)Oc1ccc(/C=N/c2nc3ccc(OC)cc3s2)c(O)c1. The molecule has 0 unspecified atom stereocenters. The Labute approximate surface area is 237 Å². The number of hydrogen-bond donors (Lipinski definition) is 1. The lowest BCUT2D eigenvalue weighted by molar-refractivity contribution is -0.134. The zero-order valence-electron chi connectivity index (χ0n) is 23.6. The number of phenols is 1. The van der Waals surface area contributed by atoms with Crippen LogP contribution in [0, 0.1) is 0 Å².